The number of primary amides is 1. The van der Waals surface area contributed by atoms with Crippen LogP contribution in [0.4, 0.5) is 0 Å². The van der Waals surface area contributed by atoms with Gasteiger partial charge in [0.15, 0.2) is 0 Å². The van der Waals surface area contributed by atoms with Crippen molar-refractivity contribution in [3.63, 3.8) is 0 Å². The van der Waals surface area contributed by atoms with Crippen molar-refractivity contribution in [2.45, 2.75) is 20.3 Å². The zero-order valence-electron chi connectivity index (χ0n) is 10.2. The summed E-state index contributed by atoms with van der Waals surface area (Å²) in [6, 6.07) is 1.86. The molecule has 0 bridgehead atoms. The molecule has 0 saturated carbocycles. The number of hydrogen-bond donors (Lipinski definition) is 1. The van der Waals surface area contributed by atoms with E-state index in [0.717, 1.165) is 22.6 Å². The number of carbonyl (C=O) groups is 1. The molecule has 0 fully saturated rings. The summed E-state index contributed by atoms with van der Waals surface area (Å²) in [6.45, 7) is 4.09. The Morgan fingerprint density at radius 1 is 1.59 bits per heavy atom. The molecule has 90 valence electrons. The van der Waals surface area contributed by atoms with Crippen molar-refractivity contribution < 1.29 is 4.79 Å². The molecule has 0 spiro atoms. The number of nitrogens with zero attached hydrogens (tertiary/aromatic N) is 2. The first-order valence-electron chi connectivity index (χ1n) is 5.46. The van der Waals surface area contributed by atoms with E-state index in [1.165, 1.54) is 16.9 Å². The molecule has 0 aromatic carbocycles. The molecule has 2 rings (SSSR count). The second-order valence-electron chi connectivity index (χ2n) is 3.94. The molecule has 5 heteroatoms. The summed E-state index contributed by atoms with van der Waals surface area (Å²) >= 11 is 1.43. The molecule has 0 aliphatic heterocycles. The molecular weight excluding hydrogens is 234 g/mol. The van der Waals surface area contributed by atoms with Crippen molar-refractivity contribution in [1.29, 1.82) is 0 Å². The number of amides is 1. The summed E-state index contributed by atoms with van der Waals surface area (Å²) in [7, 11) is 1.91. The van der Waals surface area contributed by atoms with Gasteiger partial charge >= 0.3 is 0 Å². The number of aromatic nitrogens is 2. The Labute approximate surface area is 104 Å². The highest BCUT2D eigenvalue weighted by Gasteiger charge is 2.16. The summed E-state index contributed by atoms with van der Waals surface area (Å²) in [5.41, 5.74) is 8.63. The first-order chi connectivity index (χ1) is 8.04. The lowest BCUT2D eigenvalue weighted by Crippen LogP contribution is -2.08. The predicted molar refractivity (Wildman–Crippen MR) is 69.2 cm³/mol. The number of hydrogen-bond acceptors (Lipinski definition) is 3. The lowest BCUT2D eigenvalue weighted by atomic mass is 10.1. The molecule has 17 heavy (non-hydrogen) atoms. The average molecular weight is 249 g/mol. The minimum atomic E-state index is -0.371. The van der Waals surface area contributed by atoms with Crippen molar-refractivity contribution in [2.75, 3.05) is 0 Å². The van der Waals surface area contributed by atoms with Gasteiger partial charge in [0.2, 0.25) is 0 Å². The van der Waals surface area contributed by atoms with Crippen LogP contribution < -0.4 is 5.73 Å². The number of nitrogens with two attached hydrogens (primary N) is 1. The van der Waals surface area contributed by atoms with Crippen LogP contribution in [-0.4, -0.2) is 15.7 Å². The molecule has 0 unspecified atom stereocenters. The summed E-state index contributed by atoms with van der Waals surface area (Å²) in [4.78, 5) is 12.9. The zero-order valence-corrected chi connectivity index (χ0v) is 11.0. The van der Waals surface area contributed by atoms with Crippen LogP contribution >= 0.6 is 11.3 Å². The Bertz CT molecular complexity index is 568. The van der Waals surface area contributed by atoms with Crippen molar-refractivity contribution >= 4 is 17.2 Å². The van der Waals surface area contributed by atoms with Gasteiger partial charge in [-0.1, -0.05) is 6.92 Å². The minimum Gasteiger partial charge on any atom is -0.365 e. The lowest BCUT2D eigenvalue weighted by molar-refractivity contribution is 0.100. The van der Waals surface area contributed by atoms with E-state index in [1.54, 1.807) is 0 Å². The van der Waals surface area contributed by atoms with Crippen molar-refractivity contribution in [3.05, 3.63) is 27.6 Å². The summed E-state index contributed by atoms with van der Waals surface area (Å²) in [5, 5.41) is 4.26. The van der Waals surface area contributed by atoms with Crippen LogP contribution in [0.15, 0.2) is 12.3 Å². The van der Waals surface area contributed by atoms with Gasteiger partial charge in [0.1, 0.15) is 0 Å². The van der Waals surface area contributed by atoms with E-state index < -0.39 is 0 Å². The molecule has 4 nitrogen and oxygen atoms in total. The van der Waals surface area contributed by atoms with Gasteiger partial charge in [-0.15, -0.1) is 11.3 Å². The van der Waals surface area contributed by atoms with Crippen molar-refractivity contribution in [2.24, 2.45) is 12.8 Å². The molecule has 0 aliphatic rings. The minimum absolute atomic E-state index is 0.371. The van der Waals surface area contributed by atoms with Crippen LogP contribution in [0.25, 0.3) is 11.3 Å². The Kier molecular flexibility index (Phi) is 3.02. The standard InChI is InChI=1S/C12H15N3OS/c1-4-8-6-14-15(3)11(8)9-5-10(12(13)16)17-7(9)2/h5-6H,4H2,1-3H3,(H2,13,16). The summed E-state index contributed by atoms with van der Waals surface area (Å²) < 4.78 is 1.85. The molecule has 2 N–H and O–H groups in total. The SMILES string of the molecule is CCc1cnn(C)c1-c1cc(C(N)=O)sc1C. The molecule has 0 radical (unpaired) electrons. The summed E-state index contributed by atoms with van der Waals surface area (Å²) in [5.74, 6) is -0.371. The second-order valence-corrected chi connectivity index (χ2v) is 5.20. The van der Waals surface area contributed by atoms with Crippen molar-refractivity contribution in [3.8, 4) is 11.3 Å². The van der Waals surface area contributed by atoms with Gasteiger partial charge in [-0.2, -0.15) is 5.10 Å². The Morgan fingerprint density at radius 3 is 2.82 bits per heavy atom. The molecule has 2 heterocycles. The molecule has 2 aromatic rings. The number of carbonyl (C=O) groups excluding carboxylic acids is 1. The topological polar surface area (TPSA) is 60.9 Å². The fourth-order valence-electron chi connectivity index (χ4n) is 1.93. The van der Waals surface area contributed by atoms with Crippen molar-refractivity contribution in [1.82, 2.24) is 9.78 Å². The third kappa shape index (κ3) is 1.98. The van der Waals surface area contributed by atoms with Crippen LogP contribution in [0, 0.1) is 6.92 Å². The number of thiophene rings is 1. The van der Waals surface area contributed by atoms with Crippen LogP contribution in [0.3, 0.4) is 0 Å². The molecule has 1 amide bonds. The van der Waals surface area contributed by atoms with Crippen LogP contribution in [0.1, 0.15) is 27.0 Å². The van der Waals surface area contributed by atoms with Crippen LogP contribution in [0.2, 0.25) is 0 Å². The van der Waals surface area contributed by atoms with Crippen LogP contribution in [0.5, 0.6) is 0 Å². The van der Waals surface area contributed by atoms with E-state index in [0.29, 0.717) is 4.88 Å². The third-order valence-corrected chi connectivity index (χ3v) is 3.88. The normalized spacial score (nSPS) is 10.8. The quantitative estimate of drug-likeness (QED) is 0.905. The smallest absolute Gasteiger partial charge is 0.258 e. The van der Waals surface area contributed by atoms with E-state index in [1.807, 2.05) is 30.9 Å². The van der Waals surface area contributed by atoms with Gasteiger partial charge in [-0.3, -0.25) is 9.48 Å². The van der Waals surface area contributed by atoms with E-state index in [2.05, 4.69) is 12.0 Å². The monoisotopic (exact) mass is 249 g/mol. The fraction of sp³-hybridized carbons (Fsp3) is 0.333. The molecule has 0 aliphatic carbocycles. The van der Waals surface area contributed by atoms with Gasteiger partial charge in [0.25, 0.3) is 5.91 Å². The Hall–Kier alpha value is -1.62. The van der Waals surface area contributed by atoms with Gasteiger partial charge in [-0.05, 0) is 25.0 Å². The Balaban J connectivity index is 2.59. The predicted octanol–water partition coefficient (Wildman–Crippen LogP) is 2.12. The third-order valence-electron chi connectivity index (χ3n) is 2.81. The number of aryl methyl sites for hydroxylation is 3. The van der Waals surface area contributed by atoms with Gasteiger partial charge in [0, 0.05) is 17.5 Å². The first-order valence-corrected chi connectivity index (χ1v) is 6.27. The molecule has 2 aromatic heterocycles. The van der Waals surface area contributed by atoms with Gasteiger partial charge in [0.05, 0.1) is 16.8 Å². The maximum atomic E-state index is 11.2. The second kappa shape index (κ2) is 4.33. The number of rotatable bonds is 3. The van der Waals surface area contributed by atoms with E-state index in [-0.39, 0.29) is 5.91 Å². The highest BCUT2D eigenvalue weighted by molar-refractivity contribution is 7.14. The Morgan fingerprint density at radius 2 is 2.29 bits per heavy atom. The highest BCUT2D eigenvalue weighted by Crippen LogP contribution is 2.32. The maximum Gasteiger partial charge on any atom is 0.258 e. The zero-order chi connectivity index (χ0) is 12.6. The molecule has 0 atom stereocenters. The molecular formula is C12H15N3OS. The maximum absolute atomic E-state index is 11.2. The summed E-state index contributed by atoms with van der Waals surface area (Å²) in [6.07, 6.45) is 2.79. The van der Waals surface area contributed by atoms with E-state index in [4.69, 9.17) is 5.73 Å². The highest BCUT2D eigenvalue weighted by atomic mass is 32.1. The fourth-order valence-corrected chi connectivity index (χ4v) is 2.80. The van der Waals surface area contributed by atoms with Gasteiger partial charge < -0.3 is 5.73 Å². The van der Waals surface area contributed by atoms with E-state index in [9.17, 15) is 4.79 Å². The molecule has 0 saturated heterocycles. The van der Waals surface area contributed by atoms with Crippen LogP contribution in [-0.2, 0) is 13.5 Å². The lowest BCUT2D eigenvalue weighted by Gasteiger charge is -2.03. The first kappa shape index (κ1) is 11.9. The largest absolute Gasteiger partial charge is 0.365 e. The van der Waals surface area contributed by atoms with Gasteiger partial charge in [-0.25, -0.2) is 0 Å². The average Bonchev–Trinajstić information content (AvgIpc) is 2.81. The van der Waals surface area contributed by atoms with E-state index >= 15 is 0 Å².